The maximum Gasteiger partial charge on any atom is 0.330 e. The van der Waals surface area contributed by atoms with Crippen molar-refractivity contribution in [2.75, 3.05) is 12.0 Å². The molecule has 0 unspecified atom stereocenters. The molecule has 0 saturated carbocycles. The van der Waals surface area contributed by atoms with Gasteiger partial charge in [0, 0.05) is 35.9 Å². The molecule has 0 saturated heterocycles. The number of para-hydroxylation sites is 1. The highest BCUT2D eigenvalue weighted by Gasteiger charge is 2.38. The van der Waals surface area contributed by atoms with Gasteiger partial charge in [0.1, 0.15) is 0 Å². The molecule has 3 aromatic rings. The Kier molecular flexibility index (Phi) is 6.64. The van der Waals surface area contributed by atoms with Crippen LogP contribution in [0.2, 0.25) is 0 Å². The summed E-state index contributed by atoms with van der Waals surface area (Å²) in [5.74, 6) is -1.17. The van der Waals surface area contributed by atoms with E-state index >= 15 is 0 Å². The van der Waals surface area contributed by atoms with Gasteiger partial charge in [0.25, 0.3) is 11.6 Å². The summed E-state index contributed by atoms with van der Waals surface area (Å²) in [6.07, 6.45) is 4.65. The quantitative estimate of drug-likeness (QED) is 0.223. The van der Waals surface area contributed by atoms with Gasteiger partial charge in [-0.15, -0.1) is 0 Å². The number of hydrogen-bond donors (Lipinski definition) is 0. The van der Waals surface area contributed by atoms with Crippen LogP contribution in [0, 0.1) is 16.0 Å². The van der Waals surface area contributed by atoms with Crippen LogP contribution < -0.4 is 4.90 Å². The maximum absolute atomic E-state index is 13.5. The summed E-state index contributed by atoms with van der Waals surface area (Å²) in [5.41, 5.74) is 2.91. The average Bonchev–Trinajstić information content (AvgIpc) is 2.88. The molecule has 1 amide bonds. The van der Waals surface area contributed by atoms with Crippen LogP contribution in [0.4, 0.5) is 11.4 Å². The summed E-state index contributed by atoms with van der Waals surface area (Å²) >= 11 is 0. The number of non-ortho nitro benzene ring substituents is 1. The van der Waals surface area contributed by atoms with Crippen LogP contribution in [0.5, 0.6) is 0 Å². The van der Waals surface area contributed by atoms with E-state index in [2.05, 4.69) is 0 Å². The molecule has 1 aliphatic rings. The number of nitro benzene ring substituents is 1. The summed E-state index contributed by atoms with van der Waals surface area (Å²) in [5, 5.41) is 11.2. The highest BCUT2D eigenvalue weighted by atomic mass is 16.6. The zero-order valence-corrected chi connectivity index (χ0v) is 18.4. The standard InChI is InChI=1S/C27H22N2O5/c1-34-26(31)17-16-23-24(19-8-4-2-5-9-19)18-25(30)28(21-10-6-3-7-11-21)27(23)20-12-14-22(15-13-20)29(32)33/h2-18,23,27H,1H3/b17-16-/t23-,27+/m0/s1. The van der Waals surface area contributed by atoms with Crippen molar-refractivity contribution in [1.82, 2.24) is 0 Å². The van der Waals surface area contributed by atoms with E-state index in [9.17, 15) is 19.7 Å². The number of carbonyl (C=O) groups is 2. The highest BCUT2D eigenvalue weighted by molar-refractivity contribution is 6.09. The van der Waals surface area contributed by atoms with Gasteiger partial charge in [0.15, 0.2) is 0 Å². The molecule has 0 N–H and O–H groups in total. The first kappa shape index (κ1) is 22.7. The Morgan fingerprint density at radius 1 is 0.971 bits per heavy atom. The fraction of sp³-hybridized carbons (Fsp3) is 0.111. The van der Waals surface area contributed by atoms with E-state index in [1.165, 1.54) is 25.3 Å². The second-order valence-electron chi connectivity index (χ2n) is 7.71. The third kappa shape index (κ3) is 4.63. The average molecular weight is 454 g/mol. The molecule has 0 spiro atoms. The van der Waals surface area contributed by atoms with Crippen LogP contribution in [-0.4, -0.2) is 23.9 Å². The Morgan fingerprint density at radius 2 is 1.59 bits per heavy atom. The molecule has 0 radical (unpaired) electrons. The first-order chi connectivity index (χ1) is 16.5. The van der Waals surface area contributed by atoms with Gasteiger partial charge in [-0.1, -0.05) is 66.7 Å². The van der Waals surface area contributed by atoms with Crippen LogP contribution in [0.3, 0.4) is 0 Å². The van der Waals surface area contributed by atoms with E-state index in [0.29, 0.717) is 11.3 Å². The summed E-state index contributed by atoms with van der Waals surface area (Å²) < 4.78 is 4.80. The Hall–Kier alpha value is -4.52. The zero-order chi connectivity index (χ0) is 24.1. The number of hydrogen-bond acceptors (Lipinski definition) is 5. The van der Waals surface area contributed by atoms with Gasteiger partial charge in [0.05, 0.1) is 18.1 Å². The minimum Gasteiger partial charge on any atom is -0.466 e. The number of carbonyl (C=O) groups excluding carboxylic acids is 2. The first-order valence-corrected chi connectivity index (χ1v) is 10.7. The van der Waals surface area contributed by atoms with E-state index < -0.39 is 22.9 Å². The SMILES string of the molecule is COC(=O)/C=C\[C@H]1C(c2ccccc2)=CC(=O)N(c2ccccc2)[C@@H]1c1ccc([N+](=O)[O-])cc1. The minimum atomic E-state index is -0.559. The number of nitrogens with zero attached hydrogens (tertiary/aromatic N) is 2. The molecule has 4 rings (SSSR count). The van der Waals surface area contributed by atoms with Crippen molar-refractivity contribution in [2.45, 2.75) is 6.04 Å². The van der Waals surface area contributed by atoms with Crippen molar-refractivity contribution in [1.29, 1.82) is 0 Å². The van der Waals surface area contributed by atoms with Gasteiger partial charge in [-0.3, -0.25) is 14.9 Å². The predicted octanol–water partition coefficient (Wildman–Crippen LogP) is 5.11. The molecule has 0 bridgehead atoms. The minimum absolute atomic E-state index is 0.0439. The Morgan fingerprint density at radius 3 is 2.18 bits per heavy atom. The van der Waals surface area contributed by atoms with Gasteiger partial charge >= 0.3 is 5.97 Å². The molecule has 0 aliphatic carbocycles. The van der Waals surface area contributed by atoms with Crippen LogP contribution in [0.25, 0.3) is 5.57 Å². The lowest BCUT2D eigenvalue weighted by atomic mass is 9.79. The monoisotopic (exact) mass is 454 g/mol. The normalized spacial score (nSPS) is 18.0. The van der Waals surface area contributed by atoms with E-state index in [-0.39, 0.29) is 11.6 Å². The second-order valence-corrected chi connectivity index (χ2v) is 7.71. The molecule has 34 heavy (non-hydrogen) atoms. The number of ether oxygens (including phenoxy) is 1. The molecule has 1 heterocycles. The van der Waals surface area contributed by atoms with Gasteiger partial charge in [-0.05, 0) is 28.8 Å². The fourth-order valence-electron chi connectivity index (χ4n) is 4.16. The number of rotatable bonds is 6. The number of nitro groups is 1. The molecule has 2 atom stereocenters. The molecule has 170 valence electrons. The molecule has 7 heteroatoms. The van der Waals surface area contributed by atoms with Crippen molar-refractivity contribution < 1.29 is 19.2 Å². The van der Waals surface area contributed by atoms with Gasteiger partial charge < -0.3 is 9.64 Å². The number of benzene rings is 3. The molecule has 3 aromatic carbocycles. The molecule has 0 aromatic heterocycles. The third-order valence-electron chi connectivity index (χ3n) is 5.72. The van der Waals surface area contributed by atoms with Gasteiger partial charge in [-0.2, -0.15) is 0 Å². The number of anilines is 1. The Balaban J connectivity index is 1.93. The largest absolute Gasteiger partial charge is 0.466 e. The van der Waals surface area contributed by atoms with Gasteiger partial charge in [-0.25, -0.2) is 4.79 Å². The van der Waals surface area contributed by atoms with Crippen molar-refractivity contribution >= 4 is 28.8 Å². The zero-order valence-electron chi connectivity index (χ0n) is 18.4. The maximum atomic E-state index is 13.5. The third-order valence-corrected chi connectivity index (χ3v) is 5.72. The van der Waals surface area contributed by atoms with Crippen LogP contribution in [0.1, 0.15) is 17.2 Å². The van der Waals surface area contributed by atoms with E-state index in [1.807, 2.05) is 60.7 Å². The predicted molar refractivity (Wildman–Crippen MR) is 129 cm³/mol. The van der Waals surface area contributed by atoms with Crippen molar-refractivity contribution in [3.05, 3.63) is 124 Å². The fourth-order valence-corrected chi connectivity index (χ4v) is 4.16. The summed E-state index contributed by atoms with van der Waals surface area (Å²) in [6, 6.07) is 24.2. The summed E-state index contributed by atoms with van der Waals surface area (Å²) in [6.45, 7) is 0. The number of methoxy groups -OCH3 is 1. The van der Waals surface area contributed by atoms with E-state index in [4.69, 9.17) is 4.74 Å². The van der Waals surface area contributed by atoms with E-state index in [0.717, 1.165) is 11.1 Å². The second kappa shape index (κ2) is 9.95. The molecular weight excluding hydrogens is 432 g/mol. The summed E-state index contributed by atoms with van der Waals surface area (Å²) in [4.78, 5) is 37.9. The molecule has 0 fully saturated rings. The lowest BCUT2D eigenvalue weighted by Crippen LogP contribution is -2.41. The lowest BCUT2D eigenvalue weighted by molar-refractivity contribution is -0.384. The summed E-state index contributed by atoms with van der Waals surface area (Å²) in [7, 11) is 1.30. The lowest BCUT2D eigenvalue weighted by Gasteiger charge is -2.40. The molecular formula is C27H22N2O5. The van der Waals surface area contributed by atoms with Crippen LogP contribution in [-0.2, 0) is 14.3 Å². The van der Waals surface area contributed by atoms with Crippen molar-refractivity contribution in [3.8, 4) is 0 Å². The van der Waals surface area contributed by atoms with Crippen molar-refractivity contribution in [3.63, 3.8) is 0 Å². The molecule has 1 aliphatic heterocycles. The van der Waals surface area contributed by atoms with Gasteiger partial charge in [0.2, 0.25) is 0 Å². The Bertz CT molecular complexity index is 1250. The smallest absolute Gasteiger partial charge is 0.330 e. The Labute approximate surface area is 196 Å². The molecule has 7 nitrogen and oxygen atoms in total. The van der Waals surface area contributed by atoms with Crippen LogP contribution in [0.15, 0.2) is 103 Å². The first-order valence-electron chi connectivity index (χ1n) is 10.7. The van der Waals surface area contributed by atoms with Crippen molar-refractivity contribution in [2.24, 2.45) is 5.92 Å². The van der Waals surface area contributed by atoms with Crippen LogP contribution >= 0.6 is 0 Å². The number of esters is 1. The highest BCUT2D eigenvalue weighted by Crippen LogP contribution is 2.44. The number of amides is 1. The van der Waals surface area contributed by atoms with E-state index in [1.54, 1.807) is 29.2 Å². The topological polar surface area (TPSA) is 89.8 Å².